The van der Waals surface area contributed by atoms with E-state index < -0.39 is 16.1 Å². The van der Waals surface area contributed by atoms with E-state index in [2.05, 4.69) is 20.0 Å². The van der Waals surface area contributed by atoms with E-state index in [-0.39, 0.29) is 5.03 Å². The summed E-state index contributed by atoms with van der Waals surface area (Å²) in [4.78, 5) is 16.8. The Labute approximate surface area is 109 Å². The molecule has 2 aromatic rings. The number of rotatable bonds is 4. The van der Waals surface area contributed by atoms with Crippen molar-refractivity contribution in [3.05, 3.63) is 36.8 Å². The number of benzene rings is 1. The van der Waals surface area contributed by atoms with Crippen molar-refractivity contribution in [1.82, 2.24) is 9.97 Å². The Balaban J connectivity index is 2.14. The number of aromatic nitrogens is 2. The van der Waals surface area contributed by atoms with Crippen LogP contribution < -0.4 is 15.8 Å². The van der Waals surface area contributed by atoms with Gasteiger partial charge in [-0.1, -0.05) is 0 Å². The number of nitrogens with two attached hydrogens (primary N) is 1. The lowest BCUT2D eigenvalue weighted by atomic mass is 10.3. The number of primary amides is 1. The van der Waals surface area contributed by atoms with E-state index in [4.69, 9.17) is 5.73 Å². The van der Waals surface area contributed by atoms with Gasteiger partial charge >= 0.3 is 6.03 Å². The molecule has 0 radical (unpaired) electrons. The van der Waals surface area contributed by atoms with Gasteiger partial charge in [0.25, 0.3) is 10.0 Å². The SMILES string of the molecule is NC(=O)Nc1ccc(NS(=O)(=O)c2cnc[nH]2)cc1. The summed E-state index contributed by atoms with van der Waals surface area (Å²) in [6.07, 6.45) is 2.47. The van der Waals surface area contributed by atoms with Crippen LogP contribution in [0.25, 0.3) is 0 Å². The molecule has 0 bridgehead atoms. The Morgan fingerprint density at radius 3 is 2.37 bits per heavy atom. The minimum Gasteiger partial charge on any atom is -0.351 e. The molecule has 0 aliphatic rings. The Morgan fingerprint density at radius 1 is 1.21 bits per heavy atom. The van der Waals surface area contributed by atoms with Crippen LogP contribution in [0.3, 0.4) is 0 Å². The van der Waals surface area contributed by atoms with Crippen molar-refractivity contribution in [2.75, 3.05) is 10.0 Å². The van der Waals surface area contributed by atoms with Gasteiger partial charge < -0.3 is 16.0 Å². The zero-order valence-corrected chi connectivity index (χ0v) is 10.4. The van der Waals surface area contributed by atoms with Crippen LogP contribution in [-0.4, -0.2) is 24.4 Å². The highest BCUT2D eigenvalue weighted by Gasteiger charge is 2.15. The topological polar surface area (TPSA) is 130 Å². The molecule has 0 spiro atoms. The molecule has 8 nitrogen and oxygen atoms in total. The molecule has 0 aliphatic carbocycles. The molecule has 2 amide bonds. The number of hydrogen-bond donors (Lipinski definition) is 4. The Morgan fingerprint density at radius 2 is 1.84 bits per heavy atom. The van der Waals surface area contributed by atoms with Gasteiger partial charge in [-0.15, -0.1) is 0 Å². The van der Waals surface area contributed by atoms with Crippen LogP contribution in [0.4, 0.5) is 16.2 Å². The summed E-state index contributed by atoms with van der Waals surface area (Å²) < 4.78 is 26.1. The second-order valence-corrected chi connectivity index (χ2v) is 5.24. The molecular formula is C10H11N5O3S. The minimum atomic E-state index is -3.69. The second kappa shape index (κ2) is 4.98. The van der Waals surface area contributed by atoms with Gasteiger partial charge in [0.2, 0.25) is 0 Å². The van der Waals surface area contributed by atoms with Crippen LogP contribution in [0.1, 0.15) is 0 Å². The average Bonchev–Trinajstić information content (AvgIpc) is 2.85. The van der Waals surface area contributed by atoms with Crippen molar-refractivity contribution in [3.63, 3.8) is 0 Å². The highest BCUT2D eigenvalue weighted by atomic mass is 32.2. The molecule has 0 aliphatic heterocycles. The molecule has 5 N–H and O–H groups in total. The monoisotopic (exact) mass is 281 g/mol. The van der Waals surface area contributed by atoms with Crippen LogP contribution in [0, 0.1) is 0 Å². The molecule has 0 fully saturated rings. The van der Waals surface area contributed by atoms with Crippen molar-refractivity contribution in [2.24, 2.45) is 5.73 Å². The summed E-state index contributed by atoms with van der Waals surface area (Å²) in [5.74, 6) is 0. The Kier molecular flexibility index (Phi) is 3.38. The first kappa shape index (κ1) is 12.9. The molecule has 100 valence electrons. The number of carbonyl (C=O) groups is 1. The lowest BCUT2D eigenvalue weighted by Gasteiger charge is -2.07. The van der Waals surface area contributed by atoms with Gasteiger partial charge in [0, 0.05) is 11.4 Å². The fourth-order valence-corrected chi connectivity index (χ4v) is 2.33. The number of nitrogens with one attached hydrogen (secondary N) is 3. The van der Waals surface area contributed by atoms with E-state index >= 15 is 0 Å². The molecule has 0 saturated carbocycles. The summed E-state index contributed by atoms with van der Waals surface area (Å²) in [5.41, 5.74) is 5.78. The molecular weight excluding hydrogens is 270 g/mol. The molecule has 2 rings (SSSR count). The number of hydrogen-bond acceptors (Lipinski definition) is 4. The number of aromatic amines is 1. The zero-order valence-electron chi connectivity index (χ0n) is 9.62. The van der Waals surface area contributed by atoms with E-state index in [1.165, 1.54) is 36.8 Å². The van der Waals surface area contributed by atoms with E-state index in [1.54, 1.807) is 0 Å². The molecule has 1 heterocycles. The lowest BCUT2D eigenvalue weighted by molar-refractivity contribution is 0.259. The number of anilines is 2. The van der Waals surface area contributed by atoms with Crippen molar-refractivity contribution in [3.8, 4) is 0 Å². The largest absolute Gasteiger partial charge is 0.351 e. The summed E-state index contributed by atoms with van der Waals surface area (Å²) in [6.45, 7) is 0. The maximum Gasteiger partial charge on any atom is 0.316 e. The summed E-state index contributed by atoms with van der Waals surface area (Å²) in [5, 5.41) is 2.33. The first-order chi connectivity index (χ1) is 8.97. The zero-order chi connectivity index (χ0) is 13.9. The number of amides is 2. The van der Waals surface area contributed by atoms with Gasteiger partial charge in [0.05, 0.1) is 12.5 Å². The maximum atomic E-state index is 11.9. The average molecular weight is 281 g/mol. The van der Waals surface area contributed by atoms with E-state index in [9.17, 15) is 13.2 Å². The van der Waals surface area contributed by atoms with Crippen LogP contribution in [0.2, 0.25) is 0 Å². The quantitative estimate of drug-likeness (QED) is 0.657. The predicted molar refractivity (Wildman–Crippen MR) is 69.0 cm³/mol. The minimum absolute atomic E-state index is 0.0353. The number of urea groups is 1. The normalized spacial score (nSPS) is 10.9. The summed E-state index contributed by atoms with van der Waals surface area (Å²) >= 11 is 0. The molecule has 0 unspecified atom stereocenters. The van der Waals surface area contributed by atoms with Gasteiger partial charge in [-0.05, 0) is 24.3 Å². The molecule has 0 saturated heterocycles. The third kappa shape index (κ3) is 3.22. The molecule has 0 atom stereocenters. The Hall–Kier alpha value is -2.55. The highest BCUT2D eigenvalue weighted by molar-refractivity contribution is 7.92. The van der Waals surface area contributed by atoms with Gasteiger partial charge in [-0.3, -0.25) is 4.72 Å². The van der Waals surface area contributed by atoms with Crippen molar-refractivity contribution in [1.29, 1.82) is 0 Å². The number of nitrogens with zero attached hydrogens (tertiary/aromatic N) is 1. The number of H-pyrrole nitrogens is 1. The predicted octanol–water partition coefficient (Wildman–Crippen LogP) is 0.701. The Bertz CT molecular complexity index is 664. The van der Waals surface area contributed by atoms with E-state index in [0.29, 0.717) is 11.4 Å². The van der Waals surface area contributed by atoms with Gasteiger partial charge in [-0.25, -0.2) is 9.78 Å². The summed E-state index contributed by atoms with van der Waals surface area (Å²) in [6, 6.07) is 5.36. The third-order valence-corrected chi connectivity index (χ3v) is 3.47. The van der Waals surface area contributed by atoms with Crippen LogP contribution in [0.5, 0.6) is 0 Å². The first-order valence-electron chi connectivity index (χ1n) is 5.15. The van der Waals surface area contributed by atoms with Crippen LogP contribution in [0.15, 0.2) is 41.8 Å². The van der Waals surface area contributed by atoms with E-state index in [1.807, 2.05) is 0 Å². The number of sulfonamides is 1. The second-order valence-electron chi connectivity index (χ2n) is 3.59. The lowest BCUT2D eigenvalue weighted by Crippen LogP contribution is -2.19. The fourth-order valence-electron chi connectivity index (χ4n) is 1.36. The maximum absolute atomic E-state index is 11.9. The standard InChI is InChI=1S/C10H11N5O3S/c11-10(16)14-7-1-3-8(4-2-7)15-19(17,18)9-5-12-6-13-9/h1-6,15H,(H,12,13)(H3,11,14,16). The first-order valence-corrected chi connectivity index (χ1v) is 6.63. The number of imidazole rings is 1. The van der Waals surface area contributed by atoms with Gasteiger partial charge in [0.15, 0.2) is 5.03 Å². The third-order valence-electron chi connectivity index (χ3n) is 2.17. The fraction of sp³-hybridized carbons (Fsp3) is 0. The van der Waals surface area contributed by atoms with Gasteiger partial charge in [-0.2, -0.15) is 8.42 Å². The molecule has 19 heavy (non-hydrogen) atoms. The van der Waals surface area contributed by atoms with Crippen LogP contribution >= 0.6 is 0 Å². The van der Waals surface area contributed by atoms with Crippen molar-refractivity contribution < 1.29 is 13.2 Å². The summed E-state index contributed by atoms with van der Waals surface area (Å²) in [7, 11) is -3.69. The van der Waals surface area contributed by atoms with E-state index in [0.717, 1.165) is 0 Å². The number of carbonyl (C=O) groups excluding carboxylic acids is 1. The molecule has 1 aromatic carbocycles. The van der Waals surface area contributed by atoms with Gasteiger partial charge in [0.1, 0.15) is 0 Å². The smallest absolute Gasteiger partial charge is 0.316 e. The van der Waals surface area contributed by atoms with Crippen molar-refractivity contribution in [2.45, 2.75) is 5.03 Å². The molecule has 9 heteroatoms. The highest BCUT2D eigenvalue weighted by Crippen LogP contribution is 2.16. The molecule has 1 aromatic heterocycles. The van der Waals surface area contributed by atoms with Crippen LogP contribution in [-0.2, 0) is 10.0 Å². The van der Waals surface area contributed by atoms with Crippen molar-refractivity contribution >= 4 is 27.4 Å².